The maximum atomic E-state index is 13.3. The van der Waals surface area contributed by atoms with Crippen molar-refractivity contribution in [3.8, 4) is 5.75 Å². The highest BCUT2D eigenvalue weighted by Gasteiger charge is 2.08. The first kappa shape index (κ1) is 15.9. The van der Waals surface area contributed by atoms with Crippen molar-refractivity contribution >= 4 is 0 Å². The second-order valence-corrected chi connectivity index (χ2v) is 4.54. The second-order valence-electron chi connectivity index (χ2n) is 4.54. The number of methoxy groups -OCH3 is 1. The van der Waals surface area contributed by atoms with Crippen molar-refractivity contribution in [3.05, 3.63) is 29.6 Å². The fourth-order valence-electron chi connectivity index (χ4n) is 1.80. The molecule has 0 bridgehead atoms. The van der Waals surface area contributed by atoms with Crippen LogP contribution in [-0.2, 0) is 4.74 Å². The van der Waals surface area contributed by atoms with Gasteiger partial charge in [0.1, 0.15) is 0 Å². The number of hydrogen-bond acceptors (Lipinski definition) is 3. The molecule has 0 radical (unpaired) electrons. The van der Waals surface area contributed by atoms with E-state index in [-0.39, 0.29) is 17.6 Å². The van der Waals surface area contributed by atoms with Crippen LogP contribution in [0.25, 0.3) is 0 Å². The quantitative estimate of drug-likeness (QED) is 0.698. The number of nitrogens with one attached hydrogen (secondary N) is 1. The largest absolute Gasteiger partial charge is 0.494 e. The van der Waals surface area contributed by atoms with E-state index in [0.29, 0.717) is 0 Å². The van der Waals surface area contributed by atoms with Crippen LogP contribution in [0.2, 0.25) is 0 Å². The molecule has 0 aromatic heterocycles. The molecule has 0 saturated carbocycles. The molecule has 1 N–H and O–H groups in total. The smallest absolute Gasteiger partial charge is 0.165 e. The Bertz CT molecular complexity index is 371. The summed E-state index contributed by atoms with van der Waals surface area (Å²) in [7, 11) is 1.48. The first-order valence-electron chi connectivity index (χ1n) is 6.83. The lowest BCUT2D eigenvalue weighted by atomic mass is 10.1. The molecule has 1 unspecified atom stereocenters. The summed E-state index contributed by atoms with van der Waals surface area (Å²) in [5.74, 6) is -0.0381. The maximum absolute atomic E-state index is 13.3. The van der Waals surface area contributed by atoms with Crippen molar-refractivity contribution < 1.29 is 13.9 Å². The molecule has 3 nitrogen and oxygen atoms in total. The zero-order valence-electron chi connectivity index (χ0n) is 12.0. The van der Waals surface area contributed by atoms with Gasteiger partial charge in [0.15, 0.2) is 11.6 Å². The van der Waals surface area contributed by atoms with Gasteiger partial charge in [-0.15, -0.1) is 0 Å². The van der Waals surface area contributed by atoms with Gasteiger partial charge in [-0.2, -0.15) is 0 Å². The normalized spacial score (nSPS) is 12.4. The summed E-state index contributed by atoms with van der Waals surface area (Å²) >= 11 is 0. The van der Waals surface area contributed by atoms with Crippen LogP contribution in [-0.4, -0.2) is 26.9 Å². The molecule has 1 rings (SSSR count). The molecule has 108 valence electrons. The lowest BCUT2D eigenvalue weighted by molar-refractivity contribution is 0.132. The van der Waals surface area contributed by atoms with Gasteiger partial charge in [0.2, 0.25) is 0 Å². The Morgan fingerprint density at radius 2 is 2.11 bits per heavy atom. The van der Waals surface area contributed by atoms with Crippen LogP contribution in [0.15, 0.2) is 18.2 Å². The van der Waals surface area contributed by atoms with Crippen molar-refractivity contribution in [2.24, 2.45) is 0 Å². The summed E-state index contributed by atoms with van der Waals surface area (Å²) < 4.78 is 23.7. The van der Waals surface area contributed by atoms with E-state index in [1.54, 1.807) is 12.1 Å². The van der Waals surface area contributed by atoms with E-state index in [1.165, 1.54) is 13.2 Å². The topological polar surface area (TPSA) is 30.5 Å². The number of benzene rings is 1. The highest BCUT2D eigenvalue weighted by Crippen LogP contribution is 2.22. The Morgan fingerprint density at radius 3 is 2.79 bits per heavy atom. The first-order chi connectivity index (χ1) is 9.19. The van der Waals surface area contributed by atoms with Crippen molar-refractivity contribution in [2.45, 2.75) is 32.7 Å². The third kappa shape index (κ3) is 5.57. The summed E-state index contributed by atoms with van der Waals surface area (Å²) in [5.41, 5.74) is 1.02. The van der Waals surface area contributed by atoms with Crippen LogP contribution in [0.1, 0.15) is 38.3 Å². The Kier molecular flexibility index (Phi) is 7.45. The van der Waals surface area contributed by atoms with Gasteiger partial charge < -0.3 is 14.8 Å². The average molecular weight is 269 g/mol. The highest BCUT2D eigenvalue weighted by atomic mass is 19.1. The Hall–Kier alpha value is -1.13. The monoisotopic (exact) mass is 269 g/mol. The van der Waals surface area contributed by atoms with Crippen LogP contribution in [0.3, 0.4) is 0 Å². The molecule has 1 aromatic carbocycles. The van der Waals surface area contributed by atoms with E-state index in [2.05, 4.69) is 19.2 Å². The molecule has 0 spiro atoms. The number of rotatable bonds is 9. The molecule has 19 heavy (non-hydrogen) atoms. The van der Waals surface area contributed by atoms with Gasteiger partial charge in [-0.1, -0.05) is 13.0 Å². The third-order valence-corrected chi connectivity index (χ3v) is 2.94. The molecule has 0 aliphatic carbocycles. The molecule has 0 saturated heterocycles. The molecular weight excluding hydrogens is 245 g/mol. The van der Waals surface area contributed by atoms with Crippen molar-refractivity contribution in [2.75, 3.05) is 26.9 Å². The van der Waals surface area contributed by atoms with Crippen molar-refractivity contribution in [1.82, 2.24) is 5.32 Å². The molecule has 1 aromatic rings. The molecule has 0 fully saturated rings. The lowest BCUT2D eigenvalue weighted by Crippen LogP contribution is -2.21. The lowest BCUT2D eigenvalue weighted by Gasteiger charge is -2.15. The minimum absolute atomic E-state index is 0.167. The van der Waals surface area contributed by atoms with Crippen molar-refractivity contribution in [1.29, 1.82) is 0 Å². The summed E-state index contributed by atoms with van der Waals surface area (Å²) in [6.45, 7) is 6.64. The van der Waals surface area contributed by atoms with Gasteiger partial charge in [-0.25, -0.2) is 4.39 Å². The first-order valence-corrected chi connectivity index (χ1v) is 6.83. The van der Waals surface area contributed by atoms with Crippen LogP contribution in [0.5, 0.6) is 5.75 Å². The standard InChI is InChI=1S/C15H24FNO2/c1-4-9-19-10-5-8-17-12(2)13-6-7-14(16)15(11-13)18-3/h6-7,11-12,17H,4-5,8-10H2,1-3H3. The SMILES string of the molecule is CCCOCCCNC(C)c1ccc(F)c(OC)c1. The van der Waals surface area contributed by atoms with Crippen LogP contribution in [0, 0.1) is 5.82 Å². The molecule has 0 heterocycles. The van der Waals surface area contributed by atoms with Gasteiger partial charge in [-0.05, 0) is 44.0 Å². The Balaban J connectivity index is 2.34. The average Bonchev–Trinajstić information content (AvgIpc) is 2.43. The zero-order chi connectivity index (χ0) is 14.1. The predicted molar refractivity (Wildman–Crippen MR) is 75.1 cm³/mol. The van der Waals surface area contributed by atoms with Crippen LogP contribution >= 0.6 is 0 Å². The molecular formula is C15H24FNO2. The number of hydrogen-bond donors (Lipinski definition) is 1. The van der Waals surface area contributed by atoms with Crippen LogP contribution < -0.4 is 10.1 Å². The van der Waals surface area contributed by atoms with Gasteiger partial charge in [-0.3, -0.25) is 0 Å². The minimum Gasteiger partial charge on any atom is -0.494 e. The molecule has 0 aliphatic rings. The summed E-state index contributed by atoms with van der Waals surface area (Å²) in [6, 6.07) is 5.13. The second kappa shape index (κ2) is 8.88. The summed E-state index contributed by atoms with van der Waals surface area (Å²) in [6.07, 6.45) is 2.03. The van der Waals surface area contributed by atoms with E-state index in [1.807, 2.05) is 0 Å². The van der Waals surface area contributed by atoms with Crippen molar-refractivity contribution in [3.63, 3.8) is 0 Å². The van der Waals surface area contributed by atoms with Gasteiger partial charge in [0, 0.05) is 19.3 Å². The molecule has 0 amide bonds. The fourth-order valence-corrected chi connectivity index (χ4v) is 1.80. The molecule has 4 heteroatoms. The Morgan fingerprint density at radius 1 is 1.32 bits per heavy atom. The molecule has 1 atom stereocenters. The zero-order valence-corrected chi connectivity index (χ0v) is 12.0. The molecule has 0 aliphatic heterocycles. The van der Waals surface area contributed by atoms with Gasteiger partial charge in [0.25, 0.3) is 0 Å². The highest BCUT2D eigenvalue weighted by molar-refractivity contribution is 5.31. The number of ether oxygens (including phenoxy) is 2. The van der Waals surface area contributed by atoms with Crippen LogP contribution in [0.4, 0.5) is 4.39 Å². The minimum atomic E-state index is -0.327. The predicted octanol–water partition coefficient (Wildman–Crippen LogP) is 3.30. The van der Waals surface area contributed by atoms with E-state index in [0.717, 1.165) is 38.2 Å². The van der Waals surface area contributed by atoms with Gasteiger partial charge >= 0.3 is 0 Å². The third-order valence-electron chi connectivity index (χ3n) is 2.94. The number of halogens is 1. The maximum Gasteiger partial charge on any atom is 0.165 e. The van der Waals surface area contributed by atoms with E-state index < -0.39 is 0 Å². The Labute approximate surface area is 115 Å². The fraction of sp³-hybridized carbons (Fsp3) is 0.600. The van der Waals surface area contributed by atoms with E-state index in [9.17, 15) is 4.39 Å². The van der Waals surface area contributed by atoms with E-state index >= 15 is 0 Å². The van der Waals surface area contributed by atoms with E-state index in [4.69, 9.17) is 9.47 Å². The summed E-state index contributed by atoms with van der Waals surface area (Å²) in [5, 5.41) is 3.39. The van der Waals surface area contributed by atoms with Gasteiger partial charge in [0.05, 0.1) is 7.11 Å². The summed E-state index contributed by atoms with van der Waals surface area (Å²) in [4.78, 5) is 0.